The number of rotatable bonds is 6. The second-order valence-electron chi connectivity index (χ2n) is 6.93. The first-order chi connectivity index (χ1) is 14.5. The molecular formula is C23H21FN2O3S. The third-order valence-electron chi connectivity index (χ3n) is 4.57. The summed E-state index contributed by atoms with van der Waals surface area (Å²) in [6, 6.07) is 9.90. The van der Waals surface area contributed by atoms with Crippen molar-refractivity contribution in [2.24, 2.45) is 0 Å². The molecule has 1 aliphatic rings. The number of amides is 1. The molecule has 1 amide bonds. The molecule has 1 aromatic heterocycles. The number of nitrogens with one attached hydrogen (secondary N) is 1. The van der Waals surface area contributed by atoms with Gasteiger partial charge in [-0.3, -0.25) is 4.79 Å². The topological polar surface area (TPSA) is 60.5 Å². The van der Waals surface area contributed by atoms with E-state index in [0.29, 0.717) is 23.7 Å². The highest BCUT2D eigenvalue weighted by atomic mass is 32.1. The van der Waals surface area contributed by atoms with Gasteiger partial charge in [0.25, 0.3) is 0 Å². The zero-order valence-electron chi connectivity index (χ0n) is 16.6. The van der Waals surface area contributed by atoms with Gasteiger partial charge in [0.15, 0.2) is 0 Å². The Labute approximate surface area is 178 Å². The Morgan fingerprint density at radius 2 is 2.17 bits per heavy atom. The number of anilines is 1. The van der Waals surface area contributed by atoms with Gasteiger partial charge < -0.3 is 14.8 Å². The minimum atomic E-state index is -0.293. The predicted octanol–water partition coefficient (Wildman–Crippen LogP) is 5.32. The van der Waals surface area contributed by atoms with Crippen LogP contribution in [0.15, 0.2) is 47.9 Å². The van der Waals surface area contributed by atoms with E-state index >= 15 is 0 Å². The molecule has 1 unspecified atom stereocenters. The molecule has 2 heterocycles. The number of ether oxygens (including phenoxy) is 2. The Balaban J connectivity index is 1.47. The first kappa shape index (κ1) is 20.1. The third-order valence-corrected chi connectivity index (χ3v) is 5.48. The molecule has 0 radical (unpaired) electrons. The number of carbonyl (C=O) groups excluding carboxylic acids is 1. The molecule has 2 aromatic carbocycles. The van der Waals surface area contributed by atoms with Gasteiger partial charge in [-0.1, -0.05) is 0 Å². The van der Waals surface area contributed by atoms with Gasteiger partial charge in [-0.15, -0.1) is 11.3 Å². The van der Waals surface area contributed by atoms with E-state index in [1.807, 2.05) is 31.4 Å². The number of thiazole rings is 1. The van der Waals surface area contributed by atoms with Crippen LogP contribution in [0.3, 0.4) is 0 Å². The molecule has 154 valence electrons. The molecule has 3 aromatic rings. The number of aromatic nitrogens is 1. The van der Waals surface area contributed by atoms with Gasteiger partial charge in [0.2, 0.25) is 5.91 Å². The lowest BCUT2D eigenvalue weighted by Crippen LogP contribution is -2.10. The van der Waals surface area contributed by atoms with Gasteiger partial charge in [0, 0.05) is 35.1 Å². The summed E-state index contributed by atoms with van der Waals surface area (Å²) < 4.78 is 24.6. The fraction of sp³-hybridized carbons (Fsp3) is 0.217. The highest BCUT2D eigenvalue weighted by Crippen LogP contribution is 2.38. The molecule has 0 bridgehead atoms. The van der Waals surface area contributed by atoms with E-state index < -0.39 is 0 Å². The Morgan fingerprint density at radius 1 is 1.37 bits per heavy atom. The van der Waals surface area contributed by atoms with Crippen molar-refractivity contribution in [3.63, 3.8) is 0 Å². The highest BCUT2D eigenvalue weighted by Gasteiger charge is 2.22. The molecule has 1 atom stereocenters. The summed E-state index contributed by atoms with van der Waals surface area (Å²) in [7, 11) is 0. The smallest absolute Gasteiger partial charge is 0.248 e. The second kappa shape index (κ2) is 8.67. The number of carbonyl (C=O) groups is 1. The first-order valence-electron chi connectivity index (χ1n) is 9.68. The van der Waals surface area contributed by atoms with Crippen molar-refractivity contribution >= 4 is 29.0 Å². The molecule has 0 saturated heterocycles. The van der Waals surface area contributed by atoms with Gasteiger partial charge in [0.05, 0.1) is 18.0 Å². The van der Waals surface area contributed by atoms with Crippen LogP contribution in [0.2, 0.25) is 0 Å². The Hall–Kier alpha value is -3.19. The normalized spacial score (nSPS) is 15.1. The van der Waals surface area contributed by atoms with Crippen molar-refractivity contribution in [1.82, 2.24) is 4.98 Å². The quantitative estimate of drug-likeness (QED) is 0.544. The summed E-state index contributed by atoms with van der Waals surface area (Å²) >= 11 is 1.43. The van der Waals surface area contributed by atoms with Crippen molar-refractivity contribution in [2.45, 2.75) is 26.4 Å². The number of hydrogen-bond donors (Lipinski definition) is 1. The molecule has 0 saturated carbocycles. The molecule has 1 aliphatic heterocycles. The van der Waals surface area contributed by atoms with Crippen LogP contribution in [0.5, 0.6) is 11.5 Å². The monoisotopic (exact) mass is 424 g/mol. The molecule has 0 spiro atoms. The summed E-state index contributed by atoms with van der Waals surface area (Å²) in [5.74, 6) is 0.819. The van der Waals surface area contributed by atoms with Gasteiger partial charge in [0.1, 0.15) is 28.4 Å². The molecule has 0 fully saturated rings. The SMILES string of the molecule is CCOc1cc2c(cc1NC(=O)C=Cc1csc(-c3ccc(F)cc3)n1)OC(C)C2. The van der Waals surface area contributed by atoms with E-state index in [0.717, 1.165) is 28.3 Å². The van der Waals surface area contributed by atoms with Crippen LogP contribution in [0.25, 0.3) is 16.6 Å². The van der Waals surface area contributed by atoms with Crippen LogP contribution in [0, 0.1) is 5.82 Å². The second-order valence-corrected chi connectivity index (χ2v) is 7.79. The summed E-state index contributed by atoms with van der Waals surface area (Å²) in [6.07, 6.45) is 4.01. The van der Waals surface area contributed by atoms with Crippen molar-refractivity contribution in [3.05, 3.63) is 64.9 Å². The fourth-order valence-electron chi connectivity index (χ4n) is 3.24. The predicted molar refractivity (Wildman–Crippen MR) is 117 cm³/mol. The average molecular weight is 424 g/mol. The van der Waals surface area contributed by atoms with E-state index in [1.165, 1.54) is 29.5 Å². The van der Waals surface area contributed by atoms with E-state index in [4.69, 9.17) is 9.47 Å². The molecule has 4 rings (SSSR count). The van der Waals surface area contributed by atoms with Crippen LogP contribution in [0.1, 0.15) is 25.1 Å². The molecule has 7 heteroatoms. The maximum absolute atomic E-state index is 13.1. The lowest BCUT2D eigenvalue weighted by Gasteiger charge is -2.12. The lowest BCUT2D eigenvalue weighted by molar-refractivity contribution is -0.111. The minimum absolute atomic E-state index is 0.111. The van der Waals surface area contributed by atoms with Gasteiger partial charge in [-0.05, 0) is 50.3 Å². The standard InChI is InChI=1S/C23H21FN2O3S/c1-3-28-21-11-16-10-14(2)29-20(16)12-19(21)26-22(27)9-8-18-13-30-23(25-18)15-4-6-17(24)7-5-15/h4-9,11-14H,3,10H2,1-2H3,(H,26,27). The van der Waals surface area contributed by atoms with Crippen molar-refractivity contribution in [2.75, 3.05) is 11.9 Å². The average Bonchev–Trinajstić information content (AvgIpc) is 3.33. The van der Waals surface area contributed by atoms with Crippen molar-refractivity contribution in [1.29, 1.82) is 0 Å². The van der Waals surface area contributed by atoms with Crippen LogP contribution in [0.4, 0.5) is 10.1 Å². The fourth-order valence-corrected chi connectivity index (χ4v) is 4.03. The highest BCUT2D eigenvalue weighted by molar-refractivity contribution is 7.13. The van der Waals surface area contributed by atoms with Crippen LogP contribution in [-0.4, -0.2) is 23.6 Å². The first-order valence-corrected chi connectivity index (χ1v) is 10.6. The maximum Gasteiger partial charge on any atom is 0.248 e. The Kier molecular flexibility index (Phi) is 5.81. The van der Waals surface area contributed by atoms with Gasteiger partial charge in [-0.25, -0.2) is 9.37 Å². The summed E-state index contributed by atoms with van der Waals surface area (Å²) in [5.41, 5.74) is 3.14. The van der Waals surface area contributed by atoms with Crippen LogP contribution in [-0.2, 0) is 11.2 Å². The van der Waals surface area contributed by atoms with Crippen molar-refractivity contribution < 1.29 is 18.7 Å². The Bertz CT molecular complexity index is 1090. The summed E-state index contributed by atoms with van der Waals surface area (Å²) in [4.78, 5) is 16.9. The summed E-state index contributed by atoms with van der Waals surface area (Å²) in [5, 5.41) is 5.47. The lowest BCUT2D eigenvalue weighted by atomic mass is 10.1. The van der Waals surface area contributed by atoms with E-state index in [2.05, 4.69) is 10.3 Å². The molecule has 30 heavy (non-hydrogen) atoms. The van der Waals surface area contributed by atoms with E-state index in [9.17, 15) is 9.18 Å². The Morgan fingerprint density at radius 3 is 2.93 bits per heavy atom. The number of benzene rings is 2. The zero-order valence-corrected chi connectivity index (χ0v) is 17.5. The minimum Gasteiger partial charge on any atom is -0.492 e. The molecule has 5 nitrogen and oxygen atoms in total. The summed E-state index contributed by atoms with van der Waals surface area (Å²) in [6.45, 7) is 4.41. The van der Waals surface area contributed by atoms with Crippen LogP contribution >= 0.6 is 11.3 Å². The van der Waals surface area contributed by atoms with E-state index in [1.54, 1.807) is 18.2 Å². The molecule has 0 aliphatic carbocycles. The largest absolute Gasteiger partial charge is 0.492 e. The van der Waals surface area contributed by atoms with Crippen LogP contribution < -0.4 is 14.8 Å². The molecular weight excluding hydrogens is 403 g/mol. The number of hydrogen-bond acceptors (Lipinski definition) is 5. The van der Waals surface area contributed by atoms with Gasteiger partial charge in [-0.2, -0.15) is 0 Å². The van der Waals surface area contributed by atoms with Crippen molar-refractivity contribution in [3.8, 4) is 22.1 Å². The number of fused-ring (bicyclic) bond motifs is 1. The number of halogens is 1. The zero-order chi connectivity index (χ0) is 21.1. The van der Waals surface area contributed by atoms with E-state index in [-0.39, 0.29) is 17.8 Å². The third kappa shape index (κ3) is 4.52. The molecule has 1 N–H and O–H groups in total. The number of nitrogens with zero attached hydrogens (tertiary/aromatic N) is 1. The van der Waals surface area contributed by atoms with Gasteiger partial charge >= 0.3 is 0 Å². The maximum atomic E-state index is 13.1.